The Bertz CT molecular complexity index is 604. The number of aliphatic hydroxyl groups excluding tert-OH is 1. The number of sulfonamides is 1. The summed E-state index contributed by atoms with van der Waals surface area (Å²) in [7, 11) is -3.74. The average Bonchev–Trinajstić information content (AvgIpc) is 2.44. The summed E-state index contributed by atoms with van der Waals surface area (Å²) in [6.45, 7) is 10.1. The topological polar surface area (TPSA) is 75.6 Å². The molecule has 0 aliphatic carbocycles. The Labute approximate surface area is 140 Å². The summed E-state index contributed by atoms with van der Waals surface area (Å²) >= 11 is 0. The molecular weight excluding hydrogens is 314 g/mol. The van der Waals surface area contributed by atoms with Gasteiger partial charge in [-0.25, -0.2) is 13.1 Å². The largest absolute Gasteiger partial charge is 0.492 e. The molecule has 0 saturated heterocycles. The highest BCUT2D eigenvalue weighted by atomic mass is 32.2. The fraction of sp³-hybridized carbons (Fsp3) is 0.647. The molecule has 1 aromatic carbocycles. The van der Waals surface area contributed by atoms with Crippen molar-refractivity contribution >= 4 is 10.0 Å². The van der Waals surface area contributed by atoms with Gasteiger partial charge in [-0.1, -0.05) is 40.2 Å². The van der Waals surface area contributed by atoms with Gasteiger partial charge in [-0.05, 0) is 36.5 Å². The van der Waals surface area contributed by atoms with Crippen LogP contribution in [0.25, 0.3) is 0 Å². The molecule has 0 radical (unpaired) electrons. The molecule has 132 valence electrons. The van der Waals surface area contributed by atoms with Crippen molar-refractivity contribution in [2.45, 2.75) is 63.9 Å². The van der Waals surface area contributed by atoms with Crippen LogP contribution in [0.2, 0.25) is 0 Å². The first-order valence-corrected chi connectivity index (χ1v) is 9.51. The van der Waals surface area contributed by atoms with Crippen LogP contribution in [0.4, 0.5) is 0 Å². The molecule has 0 aliphatic rings. The number of nitrogens with one attached hydrogen (secondary N) is 1. The van der Waals surface area contributed by atoms with E-state index in [-0.39, 0.29) is 16.9 Å². The van der Waals surface area contributed by atoms with Crippen molar-refractivity contribution in [1.29, 1.82) is 0 Å². The van der Waals surface area contributed by atoms with E-state index < -0.39 is 16.1 Å². The molecule has 0 heterocycles. The molecule has 0 spiro atoms. The average molecular weight is 343 g/mol. The minimum Gasteiger partial charge on any atom is -0.492 e. The zero-order valence-electron chi connectivity index (χ0n) is 14.7. The molecule has 0 aliphatic heterocycles. The predicted octanol–water partition coefficient (Wildman–Crippen LogP) is 2.82. The molecule has 23 heavy (non-hydrogen) atoms. The minimum atomic E-state index is -3.74. The summed E-state index contributed by atoms with van der Waals surface area (Å²) in [4.78, 5) is 0.127. The minimum absolute atomic E-state index is 0.0313. The molecule has 0 amide bonds. The Morgan fingerprint density at radius 1 is 1.30 bits per heavy atom. The molecule has 0 aromatic heterocycles. The number of hydrogen-bond donors (Lipinski definition) is 2. The van der Waals surface area contributed by atoms with E-state index in [4.69, 9.17) is 4.74 Å². The third-order valence-electron chi connectivity index (χ3n) is 3.42. The van der Waals surface area contributed by atoms with Crippen LogP contribution in [0.5, 0.6) is 5.75 Å². The first-order chi connectivity index (χ1) is 10.6. The Balaban J connectivity index is 3.21. The van der Waals surface area contributed by atoms with Crippen LogP contribution in [-0.4, -0.2) is 32.8 Å². The fourth-order valence-electron chi connectivity index (χ4n) is 1.94. The smallest absolute Gasteiger partial charge is 0.244 e. The number of hydrogen-bond acceptors (Lipinski definition) is 4. The second kappa shape index (κ2) is 8.13. The van der Waals surface area contributed by atoms with Crippen molar-refractivity contribution < 1.29 is 18.3 Å². The zero-order valence-corrected chi connectivity index (χ0v) is 15.5. The van der Waals surface area contributed by atoms with Crippen molar-refractivity contribution in [2.24, 2.45) is 0 Å². The van der Waals surface area contributed by atoms with Crippen LogP contribution in [0.3, 0.4) is 0 Å². The van der Waals surface area contributed by atoms with Gasteiger partial charge in [0.1, 0.15) is 10.6 Å². The Morgan fingerprint density at radius 2 is 1.96 bits per heavy atom. The van der Waals surface area contributed by atoms with E-state index >= 15 is 0 Å². The lowest BCUT2D eigenvalue weighted by Gasteiger charge is -2.21. The normalized spacial score (nSPS) is 13.8. The molecule has 0 unspecified atom stereocenters. The maximum atomic E-state index is 12.6. The van der Waals surface area contributed by atoms with Gasteiger partial charge in [0.15, 0.2) is 0 Å². The molecule has 1 rings (SSSR count). The molecule has 1 atom stereocenters. The summed E-state index contributed by atoms with van der Waals surface area (Å²) in [5, 5.41) is 9.33. The molecule has 0 fully saturated rings. The fourth-order valence-corrected chi connectivity index (χ4v) is 3.23. The zero-order chi connectivity index (χ0) is 17.7. The van der Waals surface area contributed by atoms with Gasteiger partial charge in [-0.2, -0.15) is 0 Å². The molecule has 5 nitrogen and oxygen atoms in total. The van der Waals surface area contributed by atoms with E-state index in [1.54, 1.807) is 12.1 Å². The maximum absolute atomic E-state index is 12.6. The molecule has 6 heteroatoms. The predicted molar refractivity (Wildman–Crippen MR) is 92.4 cm³/mol. The standard InChI is InChI=1S/C17H29NO4S/c1-6-7-10-22-15-9-8-14(17(3,4)5)11-16(15)23(20,21)18-12-13(2)19/h8-9,11,13,18-19H,6-7,10,12H2,1-5H3/t13-/m0/s1. The Kier molecular flexibility index (Phi) is 7.04. The summed E-state index contributed by atoms with van der Waals surface area (Å²) < 4.78 is 33.2. The molecule has 0 saturated carbocycles. The quantitative estimate of drug-likeness (QED) is 0.712. The lowest BCUT2D eigenvalue weighted by atomic mass is 9.87. The SMILES string of the molecule is CCCCOc1ccc(C(C)(C)C)cc1S(=O)(=O)NC[C@H](C)O. The van der Waals surface area contributed by atoms with Crippen molar-refractivity contribution in [3.05, 3.63) is 23.8 Å². The second-order valence-corrected chi connectivity index (χ2v) is 8.55. The highest BCUT2D eigenvalue weighted by Gasteiger charge is 2.24. The van der Waals surface area contributed by atoms with E-state index in [2.05, 4.69) is 4.72 Å². The number of unbranched alkanes of at least 4 members (excludes halogenated alkanes) is 1. The van der Waals surface area contributed by atoms with Gasteiger partial charge in [0.05, 0.1) is 12.7 Å². The highest BCUT2D eigenvalue weighted by Crippen LogP contribution is 2.31. The van der Waals surface area contributed by atoms with Crippen molar-refractivity contribution in [2.75, 3.05) is 13.2 Å². The van der Waals surface area contributed by atoms with Gasteiger partial charge < -0.3 is 9.84 Å². The lowest BCUT2D eigenvalue weighted by molar-refractivity contribution is 0.198. The lowest BCUT2D eigenvalue weighted by Crippen LogP contribution is -2.31. The first kappa shape index (κ1) is 19.9. The summed E-state index contributed by atoms with van der Waals surface area (Å²) in [6, 6.07) is 5.27. The molecule has 0 bridgehead atoms. The van der Waals surface area contributed by atoms with E-state index in [9.17, 15) is 13.5 Å². The van der Waals surface area contributed by atoms with Gasteiger partial charge >= 0.3 is 0 Å². The third kappa shape index (κ3) is 6.12. The van der Waals surface area contributed by atoms with Crippen LogP contribution in [0.15, 0.2) is 23.1 Å². The summed E-state index contributed by atoms with van der Waals surface area (Å²) in [5.74, 6) is 0.351. The third-order valence-corrected chi connectivity index (χ3v) is 4.87. The van der Waals surface area contributed by atoms with Gasteiger partial charge in [0.2, 0.25) is 10.0 Å². The summed E-state index contributed by atoms with van der Waals surface area (Å²) in [6.07, 6.45) is 1.09. The van der Waals surface area contributed by atoms with Gasteiger partial charge in [0.25, 0.3) is 0 Å². The highest BCUT2D eigenvalue weighted by molar-refractivity contribution is 7.89. The Hall–Kier alpha value is -1.11. The van der Waals surface area contributed by atoms with E-state index in [0.29, 0.717) is 12.4 Å². The van der Waals surface area contributed by atoms with Crippen molar-refractivity contribution in [1.82, 2.24) is 4.72 Å². The van der Waals surface area contributed by atoms with E-state index in [1.165, 1.54) is 6.92 Å². The number of benzene rings is 1. The number of ether oxygens (including phenoxy) is 1. The number of aliphatic hydroxyl groups is 1. The molecular formula is C17H29NO4S. The van der Waals surface area contributed by atoms with E-state index in [0.717, 1.165) is 18.4 Å². The van der Waals surface area contributed by atoms with Gasteiger partial charge in [-0.3, -0.25) is 0 Å². The molecule has 1 aromatic rings. The van der Waals surface area contributed by atoms with Gasteiger partial charge in [-0.15, -0.1) is 0 Å². The number of rotatable bonds is 8. The van der Waals surface area contributed by atoms with Crippen molar-refractivity contribution in [3.8, 4) is 5.75 Å². The van der Waals surface area contributed by atoms with Crippen LogP contribution in [-0.2, 0) is 15.4 Å². The van der Waals surface area contributed by atoms with Crippen molar-refractivity contribution in [3.63, 3.8) is 0 Å². The van der Waals surface area contributed by atoms with Gasteiger partial charge in [0, 0.05) is 6.54 Å². The van der Waals surface area contributed by atoms with E-state index in [1.807, 2.05) is 33.8 Å². The maximum Gasteiger partial charge on any atom is 0.244 e. The molecule has 2 N–H and O–H groups in total. The van der Waals surface area contributed by atoms with Crippen LogP contribution < -0.4 is 9.46 Å². The Morgan fingerprint density at radius 3 is 2.48 bits per heavy atom. The second-order valence-electron chi connectivity index (χ2n) is 6.81. The summed E-state index contributed by atoms with van der Waals surface area (Å²) in [5.41, 5.74) is 0.744. The monoisotopic (exact) mass is 343 g/mol. The van der Waals surface area contributed by atoms with Crippen LogP contribution >= 0.6 is 0 Å². The van der Waals surface area contributed by atoms with Crippen LogP contribution in [0, 0.1) is 0 Å². The van der Waals surface area contributed by atoms with Crippen LogP contribution in [0.1, 0.15) is 53.0 Å². The first-order valence-electron chi connectivity index (χ1n) is 8.03.